The Morgan fingerprint density at radius 3 is 3.12 bits per heavy atom. The smallest absolute Gasteiger partial charge is 0.0429 e. The number of anilines is 1. The van der Waals surface area contributed by atoms with Gasteiger partial charge in [-0.2, -0.15) is 0 Å². The molecule has 3 rings (SSSR count). The normalized spacial score (nSPS) is 31.9. The van der Waals surface area contributed by atoms with Crippen molar-refractivity contribution >= 4 is 5.69 Å². The van der Waals surface area contributed by atoms with Crippen LogP contribution >= 0.6 is 0 Å². The summed E-state index contributed by atoms with van der Waals surface area (Å²) in [5, 5.41) is 3.54. The number of hydrogen-bond donors (Lipinski definition) is 1. The summed E-state index contributed by atoms with van der Waals surface area (Å²) in [5.74, 6) is 1.68. The molecule has 2 aliphatic rings. The summed E-state index contributed by atoms with van der Waals surface area (Å²) in [6.07, 6.45) is 5.14. The van der Waals surface area contributed by atoms with E-state index in [-0.39, 0.29) is 0 Å². The molecule has 0 radical (unpaired) electrons. The molecule has 92 valence electrons. The number of nitrogens with zero attached hydrogens (tertiary/aromatic N) is 2. The number of hydrogen-bond acceptors (Lipinski definition) is 3. The van der Waals surface area contributed by atoms with Crippen LogP contribution in [-0.4, -0.2) is 30.7 Å². The lowest BCUT2D eigenvalue weighted by atomic mass is 9.93. The highest BCUT2D eigenvalue weighted by atomic mass is 15.2. The lowest BCUT2D eigenvalue weighted by Gasteiger charge is -2.30. The number of aromatic nitrogens is 1. The number of aryl methyl sites for hydroxylation is 1. The zero-order chi connectivity index (χ0) is 11.8. The van der Waals surface area contributed by atoms with E-state index in [9.17, 15) is 0 Å². The number of nitrogens with one attached hydrogen (secondary N) is 1. The Kier molecular flexibility index (Phi) is 2.79. The van der Waals surface area contributed by atoms with Crippen LogP contribution in [-0.2, 0) is 0 Å². The van der Waals surface area contributed by atoms with Crippen LogP contribution in [0.25, 0.3) is 0 Å². The third kappa shape index (κ3) is 1.73. The fourth-order valence-corrected chi connectivity index (χ4v) is 3.61. The van der Waals surface area contributed by atoms with Gasteiger partial charge in [-0.05, 0) is 36.8 Å². The predicted molar refractivity (Wildman–Crippen MR) is 70.2 cm³/mol. The van der Waals surface area contributed by atoms with E-state index in [1.54, 1.807) is 0 Å². The van der Waals surface area contributed by atoms with Gasteiger partial charge in [-0.25, -0.2) is 0 Å². The van der Waals surface area contributed by atoms with Gasteiger partial charge in [-0.15, -0.1) is 0 Å². The lowest BCUT2D eigenvalue weighted by molar-refractivity contribution is 0.442. The summed E-state index contributed by atoms with van der Waals surface area (Å²) in [4.78, 5) is 6.82. The van der Waals surface area contributed by atoms with Crippen molar-refractivity contribution in [2.75, 3.05) is 24.5 Å². The molecule has 0 spiro atoms. The van der Waals surface area contributed by atoms with Crippen molar-refractivity contribution in [2.24, 2.45) is 11.8 Å². The van der Waals surface area contributed by atoms with E-state index in [4.69, 9.17) is 0 Å². The molecule has 3 unspecified atom stereocenters. The molecule has 3 nitrogen and oxygen atoms in total. The van der Waals surface area contributed by atoms with Gasteiger partial charge in [0, 0.05) is 43.8 Å². The molecule has 1 aromatic rings. The minimum absolute atomic E-state index is 0.705. The van der Waals surface area contributed by atoms with Gasteiger partial charge in [0.1, 0.15) is 0 Å². The molecule has 2 fully saturated rings. The Morgan fingerprint density at radius 2 is 2.35 bits per heavy atom. The maximum Gasteiger partial charge on any atom is 0.0429 e. The van der Waals surface area contributed by atoms with Crippen molar-refractivity contribution in [3.63, 3.8) is 0 Å². The Hall–Kier alpha value is -1.09. The minimum Gasteiger partial charge on any atom is -0.368 e. The van der Waals surface area contributed by atoms with Crippen LogP contribution in [0.15, 0.2) is 18.5 Å². The largest absolute Gasteiger partial charge is 0.368 e. The summed E-state index contributed by atoms with van der Waals surface area (Å²) in [5.41, 5.74) is 2.69. The average Bonchev–Trinajstić information content (AvgIpc) is 2.89. The van der Waals surface area contributed by atoms with Crippen molar-refractivity contribution in [3.8, 4) is 0 Å². The molecule has 17 heavy (non-hydrogen) atoms. The van der Waals surface area contributed by atoms with Gasteiger partial charge >= 0.3 is 0 Å². The maximum absolute atomic E-state index is 4.20. The van der Waals surface area contributed by atoms with Crippen LogP contribution in [0.2, 0.25) is 0 Å². The number of fused-ring (bicyclic) bond motifs is 1. The van der Waals surface area contributed by atoms with Crippen molar-refractivity contribution in [1.82, 2.24) is 10.3 Å². The molecule has 3 heterocycles. The van der Waals surface area contributed by atoms with Gasteiger partial charge in [-0.1, -0.05) is 6.92 Å². The standard InChI is InChI=1S/C14H21N3/c1-3-13-12-8-16-7-11(12)9-17(13)14-4-5-15-6-10(14)2/h4-6,11-13,16H,3,7-9H2,1-2H3. The van der Waals surface area contributed by atoms with Gasteiger partial charge in [0.15, 0.2) is 0 Å². The molecule has 0 aromatic carbocycles. The molecule has 0 bridgehead atoms. The molecule has 3 heteroatoms. The van der Waals surface area contributed by atoms with Gasteiger partial charge in [0.25, 0.3) is 0 Å². The molecular formula is C14H21N3. The Morgan fingerprint density at radius 1 is 1.47 bits per heavy atom. The van der Waals surface area contributed by atoms with Gasteiger partial charge in [0.2, 0.25) is 0 Å². The van der Waals surface area contributed by atoms with E-state index in [0.717, 1.165) is 11.8 Å². The highest BCUT2D eigenvalue weighted by Crippen LogP contribution is 2.38. The van der Waals surface area contributed by atoms with E-state index in [1.807, 2.05) is 12.4 Å². The first-order chi connectivity index (χ1) is 8.31. The lowest BCUT2D eigenvalue weighted by Crippen LogP contribution is -2.35. The second-order valence-electron chi connectivity index (χ2n) is 5.37. The second-order valence-corrected chi connectivity index (χ2v) is 5.37. The fourth-order valence-electron chi connectivity index (χ4n) is 3.61. The van der Waals surface area contributed by atoms with E-state index in [2.05, 4.69) is 35.1 Å². The van der Waals surface area contributed by atoms with Crippen LogP contribution in [0, 0.1) is 18.8 Å². The molecular weight excluding hydrogens is 210 g/mol. The van der Waals surface area contributed by atoms with Gasteiger partial charge < -0.3 is 10.2 Å². The molecule has 2 saturated heterocycles. The Labute approximate surface area is 103 Å². The van der Waals surface area contributed by atoms with Crippen molar-refractivity contribution in [1.29, 1.82) is 0 Å². The zero-order valence-corrected chi connectivity index (χ0v) is 10.7. The fraction of sp³-hybridized carbons (Fsp3) is 0.643. The highest BCUT2D eigenvalue weighted by Gasteiger charge is 2.43. The monoisotopic (exact) mass is 231 g/mol. The van der Waals surface area contributed by atoms with Gasteiger partial charge in [0.05, 0.1) is 0 Å². The van der Waals surface area contributed by atoms with E-state index in [1.165, 1.54) is 37.3 Å². The van der Waals surface area contributed by atoms with E-state index in [0.29, 0.717) is 6.04 Å². The molecule has 0 saturated carbocycles. The molecule has 0 aliphatic carbocycles. The third-order valence-electron chi connectivity index (χ3n) is 4.44. The molecule has 2 aliphatic heterocycles. The van der Waals surface area contributed by atoms with Crippen LogP contribution in [0.1, 0.15) is 18.9 Å². The summed E-state index contributed by atoms with van der Waals surface area (Å²) in [6.45, 7) is 8.09. The third-order valence-corrected chi connectivity index (χ3v) is 4.44. The van der Waals surface area contributed by atoms with Crippen LogP contribution in [0.5, 0.6) is 0 Å². The van der Waals surface area contributed by atoms with Gasteiger partial charge in [-0.3, -0.25) is 4.98 Å². The van der Waals surface area contributed by atoms with Crippen LogP contribution in [0.4, 0.5) is 5.69 Å². The molecule has 0 amide bonds. The molecule has 1 N–H and O–H groups in total. The van der Waals surface area contributed by atoms with Crippen LogP contribution < -0.4 is 10.2 Å². The SMILES string of the molecule is CCC1C2CNCC2CN1c1ccncc1C. The number of pyridine rings is 1. The van der Waals surface area contributed by atoms with E-state index >= 15 is 0 Å². The molecule has 3 atom stereocenters. The highest BCUT2D eigenvalue weighted by molar-refractivity contribution is 5.54. The van der Waals surface area contributed by atoms with Crippen molar-refractivity contribution in [2.45, 2.75) is 26.3 Å². The quantitative estimate of drug-likeness (QED) is 0.841. The molecule has 1 aromatic heterocycles. The Balaban J connectivity index is 1.91. The van der Waals surface area contributed by atoms with E-state index < -0.39 is 0 Å². The second kappa shape index (κ2) is 4.30. The Bertz CT molecular complexity index is 404. The summed E-state index contributed by atoms with van der Waals surface area (Å²) < 4.78 is 0. The zero-order valence-electron chi connectivity index (χ0n) is 10.7. The summed E-state index contributed by atoms with van der Waals surface area (Å²) >= 11 is 0. The minimum atomic E-state index is 0.705. The maximum atomic E-state index is 4.20. The summed E-state index contributed by atoms with van der Waals surface area (Å²) in [7, 11) is 0. The predicted octanol–water partition coefficient (Wildman–Crippen LogP) is 1.82. The first-order valence-electron chi connectivity index (χ1n) is 6.69. The first-order valence-corrected chi connectivity index (χ1v) is 6.69. The average molecular weight is 231 g/mol. The van der Waals surface area contributed by atoms with Crippen LogP contribution in [0.3, 0.4) is 0 Å². The first kappa shape index (κ1) is 11.0. The topological polar surface area (TPSA) is 28.2 Å². The number of rotatable bonds is 2. The van der Waals surface area contributed by atoms with Crippen molar-refractivity contribution in [3.05, 3.63) is 24.0 Å². The van der Waals surface area contributed by atoms with Crippen molar-refractivity contribution < 1.29 is 0 Å². The summed E-state index contributed by atoms with van der Waals surface area (Å²) in [6, 6.07) is 2.88.